The molecule has 0 aliphatic rings. The number of aromatic nitrogens is 2. The number of benzene rings is 1. The minimum absolute atomic E-state index is 0.0554. The number of aryl methyl sites for hydroxylation is 1. The number of rotatable bonds is 3. The van der Waals surface area contributed by atoms with E-state index in [1.165, 1.54) is 0 Å². The average molecular weight is 216 g/mol. The Morgan fingerprint density at radius 2 is 2.06 bits per heavy atom. The SMILES string of the molecule is Cc1cc(-c2ccc(CC(=O)O)cc2)n[nH]1. The molecule has 0 saturated carbocycles. The lowest BCUT2D eigenvalue weighted by Gasteiger charge is -1.99. The summed E-state index contributed by atoms with van der Waals surface area (Å²) in [6.07, 6.45) is 0.0554. The van der Waals surface area contributed by atoms with Gasteiger partial charge in [0, 0.05) is 11.3 Å². The largest absolute Gasteiger partial charge is 0.481 e. The molecule has 2 N–H and O–H groups in total. The van der Waals surface area contributed by atoms with Crippen LogP contribution in [0.15, 0.2) is 30.3 Å². The Hall–Kier alpha value is -2.10. The molecule has 1 aromatic carbocycles. The summed E-state index contributed by atoms with van der Waals surface area (Å²) >= 11 is 0. The first-order chi connectivity index (χ1) is 7.65. The predicted octanol–water partition coefficient (Wildman–Crippen LogP) is 2.01. The molecule has 1 aromatic heterocycles. The fourth-order valence-electron chi connectivity index (χ4n) is 1.53. The van der Waals surface area contributed by atoms with Gasteiger partial charge >= 0.3 is 5.97 Å². The number of carboxylic acids is 1. The van der Waals surface area contributed by atoms with Gasteiger partial charge in [-0.05, 0) is 18.6 Å². The standard InChI is InChI=1S/C12H12N2O2/c1-8-6-11(14-13-8)10-4-2-9(3-5-10)7-12(15)16/h2-6H,7H2,1H3,(H,13,14)(H,15,16). The Labute approximate surface area is 92.9 Å². The van der Waals surface area contributed by atoms with E-state index >= 15 is 0 Å². The molecule has 0 amide bonds. The van der Waals surface area contributed by atoms with E-state index in [0.717, 1.165) is 22.5 Å². The number of H-pyrrole nitrogens is 1. The highest BCUT2D eigenvalue weighted by Gasteiger charge is 2.03. The maximum absolute atomic E-state index is 10.5. The van der Waals surface area contributed by atoms with Gasteiger partial charge < -0.3 is 5.11 Å². The molecule has 1 heterocycles. The number of nitrogens with one attached hydrogen (secondary N) is 1. The van der Waals surface area contributed by atoms with Crippen molar-refractivity contribution in [2.75, 3.05) is 0 Å². The van der Waals surface area contributed by atoms with E-state index in [9.17, 15) is 4.79 Å². The van der Waals surface area contributed by atoms with Gasteiger partial charge in [0.2, 0.25) is 0 Å². The number of hydrogen-bond acceptors (Lipinski definition) is 2. The third-order valence-electron chi connectivity index (χ3n) is 2.31. The third kappa shape index (κ3) is 2.28. The number of hydrogen-bond donors (Lipinski definition) is 2. The first kappa shape index (κ1) is 10.4. The quantitative estimate of drug-likeness (QED) is 0.824. The fourth-order valence-corrected chi connectivity index (χ4v) is 1.53. The molecular formula is C12H12N2O2. The van der Waals surface area contributed by atoms with Crippen LogP contribution in [0.5, 0.6) is 0 Å². The molecule has 4 nitrogen and oxygen atoms in total. The maximum atomic E-state index is 10.5. The summed E-state index contributed by atoms with van der Waals surface area (Å²) in [4.78, 5) is 10.5. The van der Waals surface area contributed by atoms with Crippen LogP contribution in [0, 0.1) is 6.92 Å². The molecular weight excluding hydrogens is 204 g/mol. The van der Waals surface area contributed by atoms with Gasteiger partial charge in [0.05, 0.1) is 12.1 Å². The summed E-state index contributed by atoms with van der Waals surface area (Å²) in [6.45, 7) is 1.94. The van der Waals surface area contributed by atoms with E-state index in [0.29, 0.717) is 0 Å². The van der Waals surface area contributed by atoms with Crippen molar-refractivity contribution in [1.82, 2.24) is 10.2 Å². The lowest BCUT2D eigenvalue weighted by molar-refractivity contribution is -0.136. The van der Waals surface area contributed by atoms with Crippen LogP contribution >= 0.6 is 0 Å². The van der Waals surface area contributed by atoms with Crippen LogP contribution in [0.1, 0.15) is 11.3 Å². The van der Waals surface area contributed by atoms with Crippen LogP contribution < -0.4 is 0 Å². The summed E-state index contributed by atoms with van der Waals surface area (Å²) in [7, 11) is 0. The molecule has 0 spiro atoms. The van der Waals surface area contributed by atoms with E-state index in [1.807, 2.05) is 37.3 Å². The minimum Gasteiger partial charge on any atom is -0.481 e. The van der Waals surface area contributed by atoms with Gasteiger partial charge in [0.15, 0.2) is 0 Å². The van der Waals surface area contributed by atoms with Gasteiger partial charge in [0.25, 0.3) is 0 Å². The van der Waals surface area contributed by atoms with Crippen LogP contribution in [0.3, 0.4) is 0 Å². The number of nitrogens with zero attached hydrogens (tertiary/aromatic N) is 1. The highest BCUT2D eigenvalue weighted by atomic mass is 16.4. The van der Waals surface area contributed by atoms with Crippen molar-refractivity contribution in [2.45, 2.75) is 13.3 Å². The Kier molecular flexibility index (Phi) is 2.72. The number of aliphatic carboxylic acids is 1. The molecule has 0 fully saturated rings. The van der Waals surface area contributed by atoms with Crippen LogP contribution in [-0.4, -0.2) is 21.3 Å². The van der Waals surface area contributed by atoms with Crippen LogP contribution in [-0.2, 0) is 11.2 Å². The zero-order chi connectivity index (χ0) is 11.5. The normalized spacial score (nSPS) is 10.3. The lowest BCUT2D eigenvalue weighted by Crippen LogP contribution is -1.99. The van der Waals surface area contributed by atoms with Crippen molar-refractivity contribution in [3.8, 4) is 11.3 Å². The smallest absolute Gasteiger partial charge is 0.307 e. The van der Waals surface area contributed by atoms with Crippen molar-refractivity contribution >= 4 is 5.97 Å². The first-order valence-electron chi connectivity index (χ1n) is 4.98. The lowest BCUT2D eigenvalue weighted by atomic mass is 10.1. The average Bonchev–Trinajstić information content (AvgIpc) is 2.65. The molecule has 0 bridgehead atoms. The Morgan fingerprint density at radius 3 is 2.56 bits per heavy atom. The second-order valence-electron chi connectivity index (χ2n) is 3.70. The Bertz CT molecular complexity index is 500. The van der Waals surface area contributed by atoms with Crippen molar-refractivity contribution in [1.29, 1.82) is 0 Å². The van der Waals surface area contributed by atoms with Crippen LogP contribution in [0.4, 0.5) is 0 Å². The van der Waals surface area contributed by atoms with Gasteiger partial charge in [-0.25, -0.2) is 0 Å². The summed E-state index contributed by atoms with van der Waals surface area (Å²) in [5.74, 6) is -0.816. The van der Waals surface area contributed by atoms with E-state index in [1.54, 1.807) is 0 Å². The molecule has 4 heteroatoms. The van der Waals surface area contributed by atoms with Crippen molar-refractivity contribution in [2.24, 2.45) is 0 Å². The predicted molar refractivity (Wildman–Crippen MR) is 60.1 cm³/mol. The van der Waals surface area contributed by atoms with Gasteiger partial charge in [0.1, 0.15) is 0 Å². The molecule has 0 atom stereocenters. The van der Waals surface area contributed by atoms with Crippen molar-refractivity contribution in [3.05, 3.63) is 41.6 Å². The molecule has 0 radical (unpaired) electrons. The maximum Gasteiger partial charge on any atom is 0.307 e. The van der Waals surface area contributed by atoms with E-state index < -0.39 is 5.97 Å². The van der Waals surface area contributed by atoms with E-state index in [-0.39, 0.29) is 6.42 Å². The number of carbonyl (C=O) groups is 1. The summed E-state index contributed by atoms with van der Waals surface area (Å²) < 4.78 is 0. The molecule has 0 saturated heterocycles. The van der Waals surface area contributed by atoms with Crippen LogP contribution in [0.25, 0.3) is 11.3 Å². The molecule has 0 aliphatic heterocycles. The fraction of sp³-hybridized carbons (Fsp3) is 0.167. The third-order valence-corrected chi connectivity index (χ3v) is 2.31. The van der Waals surface area contributed by atoms with E-state index in [2.05, 4.69) is 10.2 Å². The van der Waals surface area contributed by atoms with Crippen molar-refractivity contribution < 1.29 is 9.90 Å². The second-order valence-corrected chi connectivity index (χ2v) is 3.70. The zero-order valence-electron chi connectivity index (χ0n) is 8.90. The molecule has 2 aromatic rings. The van der Waals surface area contributed by atoms with Gasteiger partial charge in [-0.1, -0.05) is 24.3 Å². The van der Waals surface area contributed by atoms with Gasteiger partial charge in [-0.15, -0.1) is 0 Å². The number of carboxylic acid groups (broad SMARTS) is 1. The van der Waals surface area contributed by atoms with Crippen LogP contribution in [0.2, 0.25) is 0 Å². The zero-order valence-corrected chi connectivity index (χ0v) is 8.90. The van der Waals surface area contributed by atoms with E-state index in [4.69, 9.17) is 5.11 Å². The topological polar surface area (TPSA) is 66.0 Å². The highest BCUT2D eigenvalue weighted by Crippen LogP contribution is 2.18. The Balaban J connectivity index is 2.22. The number of aromatic amines is 1. The van der Waals surface area contributed by atoms with Gasteiger partial charge in [-0.2, -0.15) is 5.10 Å². The monoisotopic (exact) mass is 216 g/mol. The molecule has 16 heavy (non-hydrogen) atoms. The summed E-state index contributed by atoms with van der Waals surface area (Å²) in [5.41, 5.74) is 3.66. The second kappa shape index (κ2) is 4.18. The molecule has 0 aliphatic carbocycles. The first-order valence-corrected chi connectivity index (χ1v) is 4.98. The van der Waals surface area contributed by atoms with Crippen molar-refractivity contribution in [3.63, 3.8) is 0 Å². The Morgan fingerprint density at radius 1 is 1.38 bits per heavy atom. The molecule has 0 unspecified atom stereocenters. The summed E-state index contributed by atoms with van der Waals surface area (Å²) in [6, 6.07) is 9.34. The van der Waals surface area contributed by atoms with Gasteiger partial charge in [-0.3, -0.25) is 9.89 Å². The molecule has 2 rings (SSSR count). The molecule has 82 valence electrons. The summed E-state index contributed by atoms with van der Waals surface area (Å²) in [5, 5.41) is 15.6. The minimum atomic E-state index is -0.816. The highest BCUT2D eigenvalue weighted by molar-refractivity contribution is 5.70.